The molecule has 1 aliphatic carbocycles. The van der Waals surface area contributed by atoms with Crippen molar-refractivity contribution in [1.82, 2.24) is 5.32 Å². The fourth-order valence-electron chi connectivity index (χ4n) is 3.49. The Hall–Kier alpha value is -2.34. The van der Waals surface area contributed by atoms with Gasteiger partial charge in [-0.05, 0) is 61.4 Å². The summed E-state index contributed by atoms with van der Waals surface area (Å²) in [5.41, 5.74) is 4.21. The third-order valence-corrected chi connectivity index (χ3v) is 5.38. The highest BCUT2D eigenvalue weighted by Crippen LogP contribution is 2.23. The van der Waals surface area contributed by atoms with E-state index in [0.29, 0.717) is 16.8 Å². The average molecular weight is 372 g/mol. The molecule has 0 saturated carbocycles. The molecule has 2 aromatic rings. The summed E-state index contributed by atoms with van der Waals surface area (Å²) in [4.78, 5) is 12.8. The number of rotatable bonds is 4. The van der Waals surface area contributed by atoms with Crippen molar-refractivity contribution in [2.75, 3.05) is 11.0 Å². The number of carbonyl (C=O) groups excluding carboxylic acids is 1. The van der Waals surface area contributed by atoms with Gasteiger partial charge in [0.1, 0.15) is 0 Å². The fourth-order valence-corrected chi connectivity index (χ4v) is 4.11. The first-order valence-corrected chi connectivity index (χ1v) is 10.7. The van der Waals surface area contributed by atoms with E-state index in [0.717, 1.165) is 31.9 Å². The van der Waals surface area contributed by atoms with E-state index >= 15 is 0 Å². The molecule has 1 amide bonds. The molecule has 1 unspecified atom stereocenters. The van der Waals surface area contributed by atoms with E-state index in [1.165, 1.54) is 11.1 Å². The molecule has 1 aliphatic rings. The van der Waals surface area contributed by atoms with Crippen LogP contribution in [0.2, 0.25) is 0 Å². The highest BCUT2D eigenvalue weighted by molar-refractivity contribution is 7.92. The van der Waals surface area contributed by atoms with Crippen LogP contribution in [0.4, 0.5) is 5.69 Å². The summed E-state index contributed by atoms with van der Waals surface area (Å²) in [7, 11) is -3.39. The number of fused-ring (bicyclic) bond motifs is 1. The molecule has 0 heterocycles. The molecule has 1 atom stereocenters. The molecule has 138 valence electrons. The Balaban J connectivity index is 1.77. The van der Waals surface area contributed by atoms with Crippen LogP contribution in [0.15, 0.2) is 42.5 Å². The summed E-state index contributed by atoms with van der Waals surface area (Å²) in [6.07, 6.45) is 4.93. The summed E-state index contributed by atoms with van der Waals surface area (Å²) in [5.74, 6) is -0.163. The van der Waals surface area contributed by atoms with Gasteiger partial charge in [-0.3, -0.25) is 9.52 Å². The number of carbonyl (C=O) groups is 1. The van der Waals surface area contributed by atoms with Crippen molar-refractivity contribution in [2.24, 2.45) is 0 Å². The summed E-state index contributed by atoms with van der Waals surface area (Å²) < 4.78 is 25.5. The van der Waals surface area contributed by atoms with Crippen molar-refractivity contribution in [3.05, 3.63) is 64.7 Å². The molecule has 0 fully saturated rings. The number of amides is 1. The van der Waals surface area contributed by atoms with Crippen molar-refractivity contribution in [2.45, 2.75) is 38.6 Å². The second-order valence-electron chi connectivity index (χ2n) is 6.89. The first-order valence-electron chi connectivity index (χ1n) is 8.78. The third-order valence-electron chi connectivity index (χ3n) is 4.79. The van der Waals surface area contributed by atoms with Crippen molar-refractivity contribution >= 4 is 21.6 Å². The molecule has 5 nitrogen and oxygen atoms in total. The van der Waals surface area contributed by atoms with Crippen molar-refractivity contribution in [3.8, 4) is 0 Å². The van der Waals surface area contributed by atoms with Crippen LogP contribution in [-0.2, 0) is 22.9 Å². The molecule has 0 saturated heterocycles. The minimum Gasteiger partial charge on any atom is -0.349 e. The van der Waals surface area contributed by atoms with Crippen LogP contribution >= 0.6 is 0 Å². The quantitative estimate of drug-likeness (QED) is 0.810. The highest BCUT2D eigenvalue weighted by atomic mass is 32.2. The minimum atomic E-state index is -3.39. The van der Waals surface area contributed by atoms with Gasteiger partial charge >= 0.3 is 0 Å². The minimum absolute atomic E-state index is 0.0806. The monoisotopic (exact) mass is 372 g/mol. The SMILES string of the molecule is Cc1c(NS(C)(=O)=O)cccc1C(=O)NC1CCCc2ccccc2C1. The zero-order valence-electron chi connectivity index (χ0n) is 15.1. The van der Waals surface area contributed by atoms with Crippen molar-refractivity contribution in [1.29, 1.82) is 0 Å². The van der Waals surface area contributed by atoms with Gasteiger partial charge in [0.25, 0.3) is 5.91 Å². The number of aryl methyl sites for hydroxylation is 1. The molecule has 3 rings (SSSR count). The molecular weight excluding hydrogens is 348 g/mol. The number of benzene rings is 2. The lowest BCUT2D eigenvalue weighted by atomic mass is 10.0. The summed E-state index contributed by atoms with van der Waals surface area (Å²) in [6, 6.07) is 13.5. The van der Waals surface area contributed by atoms with E-state index in [9.17, 15) is 13.2 Å². The van der Waals surface area contributed by atoms with E-state index in [-0.39, 0.29) is 11.9 Å². The smallest absolute Gasteiger partial charge is 0.251 e. The molecule has 0 radical (unpaired) electrons. The van der Waals surface area contributed by atoms with Crippen LogP contribution in [0, 0.1) is 6.92 Å². The van der Waals surface area contributed by atoms with Crippen LogP contribution in [0.3, 0.4) is 0 Å². The van der Waals surface area contributed by atoms with Crippen molar-refractivity contribution < 1.29 is 13.2 Å². The van der Waals surface area contributed by atoms with Gasteiger partial charge in [-0.2, -0.15) is 0 Å². The number of nitrogens with one attached hydrogen (secondary N) is 2. The van der Waals surface area contributed by atoms with Gasteiger partial charge in [0.05, 0.1) is 11.9 Å². The lowest BCUT2D eigenvalue weighted by molar-refractivity contribution is 0.0934. The van der Waals surface area contributed by atoms with Gasteiger partial charge in [-0.25, -0.2) is 8.42 Å². The number of sulfonamides is 1. The summed E-state index contributed by atoms with van der Waals surface area (Å²) >= 11 is 0. The number of anilines is 1. The predicted octanol–water partition coefficient (Wildman–Crippen LogP) is 3.04. The Morgan fingerprint density at radius 3 is 2.54 bits per heavy atom. The lowest BCUT2D eigenvalue weighted by Gasteiger charge is -2.19. The first kappa shape index (κ1) is 18.5. The normalized spacial score (nSPS) is 17.1. The molecule has 0 spiro atoms. The van der Waals surface area contributed by atoms with Gasteiger partial charge in [0.2, 0.25) is 10.0 Å². The van der Waals surface area contributed by atoms with E-state index in [4.69, 9.17) is 0 Å². The van der Waals surface area contributed by atoms with Gasteiger partial charge in [0, 0.05) is 11.6 Å². The van der Waals surface area contributed by atoms with Crippen molar-refractivity contribution in [3.63, 3.8) is 0 Å². The second-order valence-corrected chi connectivity index (χ2v) is 8.64. The fraction of sp³-hybridized carbons (Fsp3) is 0.350. The summed E-state index contributed by atoms with van der Waals surface area (Å²) in [6.45, 7) is 1.75. The third kappa shape index (κ3) is 4.43. The highest BCUT2D eigenvalue weighted by Gasteiger charge is 2.20. The van der Waals surface area contributed by atoms with Crippen LogP contribution in [0.5, 0.6) is 0 Å². The zero-order valence-corrected chi connectivity index (χ0v) is 15.9. The van der Waals surface area contributed by atoms with E-state index in [1.54, 1.807) is 25.1 Å². The number of hydrogen-bond acceptors (Lipinski definition) is 3. The van der Waals surface area contributed by atoms with E-state index < -0.39 is 10.0 Å². The molecule has 0 aliphatic heterocycles. The Labute approximate surface area is 154 Å². The maximum atomic E-state index is 12.8. The molecule has 2 N–H and O–H groups in total. The van der Waals surface area contributed by atoms with Gasteiger partial charge in [-0.1, -0.05) is 30.3 Å². The molecule has 26 heavy (non-hydrogen) atoms. The molecule has 6 heteroatoms. The van der Waals surface area contributed by atoms with Crippen LogP contribution in [0.1, 0.15) is 39.9 Å². The Morgan fingerprint density at radius 1 is 1.08 bits per heavy atom. The number of hydrogen-bond donors (Lipinski definition) is 2. The maximum Gasteiger partial charge on any atom is 0.251 e. The van der Waals surface area contributed by atoms with Gasteiger partial charge < -0.3 is 5.32 Å². The maximum absolute atomic E-state index is 12.8. The molecule has 0 bridgehead atoms. The van der Waals surface area contributed by atoms with Crippen LogP contribution < -0.4 is 10.0 Å². The standard InChI is InChI=1S/C20H24N2O3S/c1-14-18(11-6-12-19(14)22-26(2,24)25)20(23)21-17-10-5-9-15-7-3-4-8-16(15)13-17/h3-4,6-8,11-12,17,22H,5,9-10,13H2,1-2H3,(H,21,23). The Morgan fingerprint density at radius 2 is 1.81 bits per heavy atom. The zero-order chi connectivity index (χ0) is 18.7. The first-order chi connectivity index (χ1) is 12.3. The molecule has 2 aromatic carbocycles. The molecule has 0 aromatic heterocycles. The van der Waals surface area contributed by atoms with E-state index in [1.807, 2.05) is 6.07 Å². The second kappa shape index (κ2) is 7.50. The van der Waals surface area contributed by atoms with Crippen LogP contribution in [-0.4, -0.2) is 26.6 Å². The Kier molecular flexibility index (Phi) is 5.32. The largest absolute Gasteiger partial charge is 0.349 e. The van der Waals surface area contributed by atoms with E-state index in [2.05, 4.69) is 28.2 Å². The van der Waals surface area contributed by atoms with Gasteiger partial charge in [-0.15, -0.1) is 0 Å². The Bertz CT molecular complexity index is 922. The molecular formula is C20H24N2O3S. The predicted molar refractivity (Wildman–Crippen MR) is 104 cm³/mol. The van der Waals surface area contributed by atoms with Crippen LogP contribution in [0.25, 0.3) is 0 Å². The lowest BCUT2D eigenvalue weighted by Crippen LogP contribution is -2.36. The summed E-state index contributed by atoms with van der Waals surface area (Å²) in [5, 5.41) is 3.13. The average Bonchev–Trinajstić information content (AvgIpc) is 2.77. The topological polar surface area (TPSA) is 75.3 Å². The van der Waals surface area contributed by atoms with Gasteiger partial charge in [0.15, 0.2) is 0 Å².